The molecule has 0 radical (unpaired) electrons. The van der Waals surface area contributed by atoms with Gasteiger partial charge in [0.05, 0.1) is 6.04 Å². The maximum Gasteiger partial charge on any atom is 0.322 e. The number of carbonyl (C=O) groups is 2. The van der Waals surface area contributed by atoms with Crippen LogP contribution in [0.3, 0.4) is 0 Å². The van der Waals surface area contributed by atoms with E-state index in [1.54, 1.807) is 17.0 Å². The monoisotopic (exact) mass is 356 g/mol. The summed E-state index contributed by atoms with van der Waals surface area (Å²) in [5.74, 6) is 1.22. The number of anilines is 1. The van der Waals surface area contributed by atoms with Gasteiger partial charge in [-0.15, -0.1) is 0 Å². The highest BCUT2D eigenvalue weighted by molar-refractivity contribution is 5.97. The molecular weight excluding hydrogens is 332 g/mol. The zero-order valence-corrected chi connectivity index (χ0v) is 15.3. The SMILES string of the molecule is CCNC(=O)c1ccc(C)c(NC(=O)N2CCCC2c2n[nH]c(C)n2)c1. The number of nitrogens with zero attached hydrogens (tertiary/aromatic N) is 3. The van der Waals surface area contributed by atoms with E-state index in [-0.39, 0.29) is 18.0 Å². The number of amides is 3. The standard InChI is InChI=1S/C18H24N6O2/c1-4-19-17(25)13-8-7-11(2)14(10-13)21-18(26)24-9-5-6-15(24)16-20-12(3)22-23-16/h7-8,10,15H,4-6,9H2,1-3H3,(H,19,25)(H,21,26)(H,20,22,23). The minimum Gasteiger partial charge on any atom is -0.352 e. The molecule has 3 N–H and O–H groups in total. The number of aryl methyl sites for hydroxylation is 2. The number of likely N-dealkylation sites (tertiary alicyclic amines) is 1. The van der Waals surface area contributed by atoms with E-state index in [0.717, 1.165) is 24.2 Å². The zero-order chi connectivity index (χ0) is 18.7. The molecule has 1 unspecified atom stereocenters. The quantitative estimate of drug-likeness (QED) is 0.783. The fraction of sp³-hybridized carbons (Fsp3) is 0.444. The lowest BCUT2D eigenvalue weighted by Crippen LogP contribution is -2.35. The summed E-state index contributed by atoms with van der Waals surface area (Å²) in [6.07, 6.45) is 1.74. The Kier molecular flexibility index (Phi) is 5.20. The molecule has 1 atom stereocenters. The summed E-state index contributed by atoms with van der Waals surface area (Å²) in [4.78, 5) is 31.0. The van der Waals surface area contributed by atoms with E-state index in [2.05, 4.69) is 25.8 Å². The zero-order valence-electron chi connectivity index (χ0n) is 15.3. The van der Waals surface area contributed by atoms with Crippen LogP contribution in [0.1, 0.15) is 53.4 Å². The van der Waals surface area contributed by atoms with Crippen molar-refractivity contribution in [3.05, 3.63) is 41.0 Å². The highest BCUT2D eigenvalue weighted by atomic mass is 16.2. The summed E-state index contributed by atoms with van der Waals surface area (Å²) in [5.41, 5.74) is 2.06. The second-order valence-electron chi connectivity index (χ2n) is 6.45. The van der Waals surface area contributed by atoms with Crippen LogP contribution >= 0.6 is 0 Å². The van der Waals surface area contributed by atoms with Gasteiger partial charge in [-0.2, -0.15) is 5.10 Å². The highest BCUT2D eigenvalue weighted by Crippen LogP contribution is 2.30. The van der Waals surface area contributed by atoms with Crippen molar-refractivity contribution in [1.82, 2.24) is 25.4 Å². The number of nitrogens with one attached hydrogen (secondary N) is 3. The molecule has 8 heteroatoms. The predicted octanol–water partition coefficient (Wildman–Crippen LogP) is 2.54. The van der Waals surface area contributed by atoms with Crippen LogP contribution in [-0.2, 0) is 0 Å². The van der Waals surface area contributed by atoms with Gasteiger partial charge in [0, 0.05) is 24.3 Å². The van der Waals surface area contributed by atoms with Crippen molar-refractivity contribution < 1.29 is 9.59 Å². The Morgan fingerprint density at radius 2 is 2.15 bits per heavy atom. The van der Waals surface area contributed by atoms with Gasteiger partial charge in [0.25, 0.3) is 5.91 Å². The number of urea groups is 1. The maximum absolute atomic E-state index is 12.8. The Morgan fingerprint density at radius 1 is 1.35 bits per heavy atom. The van der Waals surface area contributed by atoms with Crippen molar-refractivity contribution in [3.8, 4) is 0 Å². The van der Waals surface area contributed by atoms with Crippen LogP contribution in [0.15, 0.2) is 18.2 Å². The van der Waals surface area contributed by atoms with Crippen LogP contribution in [0.5, 0.6) is 0 Å². The van der Waals surface area contributed by atoms with Crippen molar-refractivity contribution in [1.29, 1.82) is 0 Å². The van der Waals surface area contributed by atoms with Gasteiger partial charge in [0.2, 0.25) is 0 Å². The number of carbonyl (C=O) groups excluding carboxylic acids is 2. The fourth-order valence-corrected chi connectivity index (χ4v) is 3.13. The smallest absolute Gasteiger partial charge is 0.322 e. The van der Waals surface area contributed by atoms with Gasteiger partial charge in [-0.05, 0) is 51.3 Å². The number of benzene rings is 1. The van der Waals surface area contributed by atoms with Gasteiger partial charge in [0.15, 0.2) is 5.82 Å². The van der Waals surface area contributed by atoms with Crippen LogP contribution in [0.25, 0.3) is 0 Å². The normalized spacial score (nSPS) is 16.6. The first-order chi connectivity index (χ1) is 12.5. The highest BCUT2D eigenvalue weighted by Gasteiger charge is 2.32. The minimum atomic E-state index is -0.203. The molecule has 3 amide bonds. The molecule has 0 bridgehead atoms. The molecule has 138 valence electrons. The van der Waals surface area contributed by atoms with Crippen molar-refractivity contribution >= 4 is 17.6 Å². The molecule has 3 rings (SSSR count). The molecule has 2 heterocycles. The number of H-pyrrole nitrogens is 1. The van der Waals surface area contributed by atoms with E-state index in [4.69, 9.17) is 0 Å². The lowest BCUT2D eigenvalue weighted by Gasteiger charge is -2.23. The van der Waals surface area contributed by atoms with Crippen molar-refractivity contribution in [2.45, 2.75) is 39.7 Å². The Balaban J connectivity index is 1.76. The molecular formula is C18H24N6O2. The summed E-state index contributed by atoms with van der Waals surface area (Å²) in [6, 6.07) is 4.96. The third-order valence-electron chi connectivity index (χ3n) is 4.50. The Labute approximate surface area is 152 Å². The summed E-state index contributed by atoms with van der Waals surface area (Å²) in [6.45, 7) is 6.81. The number of aromatic amines is 1. The second kappa shape index (κ2) is 7.55. The van der Waals surface area contributed by atoms with Crippen LogP contribution < -0.4 is 10.6 Å². The second-order valence-corrected chi connectivity index (χ2v) is 6.45. The molecule has 26 heavy (non-hydrogen) atoms. The molecule has 0 spiro atoms. The molecule has 1 saturated heterocycles. The Bertz CT molecular complexity index is 816. The average molecular weight is 356 g/mol. The van der Waals surface area contributed by atoms with E-state index in [0.29, 0.717) is 30.2 Å². The number of rotatable bonds is 4. The van der Waals surface area contributed by atoms with Crippen LogP contribution in [0.2, 0.25) is 0 Å². The van der Waals surface area contributed by atoms with Gasteiger partial charge in [-0.1, -0.05) is 6.07 Å². The topological polar surface area (TPSA) is 103 Å². The molecule has 2 aromatic rings. The first-order valence-corrected chi connectivity index (χ1v) is 8.85. The summed E-state index contributed by atoms with van der Waals surface area (Å²) in [5, 5.41) is 12.7. The van der Waals surface area contributed by atoms with Crippen molar-refractivity contribution in [2.75, 3.05) is 18.4 Å². The number of hydrogen-bond acceptors (Lipinski definition) is 4. The molecule has 1 fully saturated rings. The van der Waals surface area contributed by atoms with E-state index in [1.165, 1.54) is 0 Å². The van der Waals surface area contributed by atoms with E-state index >= 15 is 0 Å². The van der Waals surface area contributed by atoms with Gasteiger partial charge in [-0.25, -0.2) is 9.78 Å². The van der Waals surface area contributed by atoms with Gasteiger partial charge in [-0.3, -0.25) is 9.89 Å². The lowest BCUT2D eigenvalue weighted by atomic mass is 10.1. The number of hydrogen-bond donors (Lipinski definition) is 3. The van der Waals surface area contributed by atoms with Gasteiger partial charge < -0.3 is 15.5 Å². The fourth-order valence-electron chi connectivity index (χ4n) is 3.13. The predicted molar refractivity (Wildman–Crippen MR) is 98.0 cm³/mol. The van der Waals surface area contributed by atoms with Gasteiger partial charge >= 0.3 is 6.03 Å². The molecule has 1 aromatic carbocycles. The third kappa shape index (κ3) is 3.68. The summed E-state index contributed by atoms with van der Waals surface area (Å²) < 4.78 is 0. The van der Waals surface area contributed by atoms with Crippen molar-refractivity contribution in [3.63, 3.8) is 0 Å². The maximum atomic E-state index is 12.8. The molecule has 1 aliphatic rings. The van der Waals surface area contributed by atoms with E-state index < -0.39 is 0 Å². The molecule has 0 saturated carbocycles. The average Bonchev–Trinajstić information content (AvgIpc) is 3.25. The molecule has 0 aliphatic carbocycles. The van der Waals surface area contributed by atoms with Crippen molar-refractivity contribution in [2.24, 2.45) is 0 Å². The summed E-state index contributed by atoms with van der Waals surface area (Å²) in [7, 11) is 0. The lowest BCUT2D eigenvalue weighted by molar-refractivity contribution is 0.0956. The van der Waals surface area contributed by atoms with Crippen LogP contribution in [0.4, 0.5) is 10.5 Å². The first kappa shape index (κ1) is 17.9. The molecule has 8 nitrogen and oxygen atoms in total. The summed E-state index contributed by atoms with van der Waals surface area (Å²) >= 11 is 0. The van der Waals surface area contributed by atoms with Crippen LogP contribution in [-0.4, -0.2) is 45.1 Å². The van der Waals surface area contributed by atoms with E-state index in [9.17, 15) is 9.59 Å². The van der Waals surface area contributed by atoms with Crippen LogP contribution in [0, 0.1) is 13.8 Å². The Morgan fingerprint density at radius 3 is 2.85 bits per heavy atom. The molecule has 1 aromatic heterocycles. The largest absolute Gasteiger partial charge is 0.352 e. The van der Waals surface area contributed by atoms with Gasteiger partial charge in [0.1, 0.15) is 5.82 Å². The third-order valence-corrected chi connectivity index (χ3v) is 4.50. The molecule has 1 aliphatic heterocycles. The first-order valence-electron chi connectivity index (χ1n) is 8.85. The Hall–Kier alpha value is -2.90. The number of aromatic nitrogens is 3. The minimum absolute atomic E-state index is 0.133. The van der Waals surface area contributed by atoms with E-state index in [1.807, 2.05) is 26.8 Å².